The number of fused-ring (bicyclic) bond motifs is 1. The molecular formula is C24H17Cl2F7N6O. The summed E-state index contributed by atoms with van der Waals surface area (Å²) < 4.78 is 98.7. The zero-order valence-corrected chi connectivity index (χ0v) is 21.7. The number of aromatic nitrogens is 4. The number of imidazole rings is 1. The predicted molar refractivity (Wildman–Crippen MR) is 135 cm³/mol. The summed E-state index contributed by atoms with van der Waals surface area (Å²) in [6.07, 6.45) is -8.22. The summed E-state index contributed by atoms with van der Waals surface area (Å²) in [7, 11) is 1.48. The highest BCUT2D eigenvalue weighted by molar-refractivity contribution is 6.39. The molecule has 0 aliphatic rings. The number of alkyl halides is 6. The van der Waals surface area contributed by atoms with E-state index in [1.54, 1.807) is 0 Å². The van der Waals surface area contributed by atoms with Gasteiger partial charge in [0.2, 0.25) is 11.8 Å². The number of benzene rings is 1. The molecule has 4 rings (SSSR count). The van der Waals surface area contributed by atoms with Crippen LogP contribution in [0.15, 0.2) is 43.1 Å². The number of aryl methyl sites for hydroxylation is 1. The predicted octanol–water partition coefficient (Wildman–Crippen LogP) is 7.27. The lowest BCUT2D eigenvalue weighted by atomic mass is 10.1. The van der Waals surface area contributed by atoms with Gasteiger partial charge in [-0.1, -0.05) is 29.8 Å². The van der Waals surface area contributed by atoms with Gasteiger partial charge in [0.05, 0.1) is 39.1 Å². The molecule has 0 fully saturated rings. The highest BCUT2D eigenvalue weighted by Crippen LogP contribution is 2.36. The van der Waals surface area contributed by atoms with Gasteiger partial charge in [-0.25, -0.2) is 9.37 Å². The second-order valence-corrected chi connectivity index (χ2v) is 9.09. The highest BCUT2D eigenvalue weighted by atomic mass is 35.5. The number of nitrogens with one attached hydrogen (secondary N) is 2. The van der Waals surface area contributed by atoms with Crippen LogP contribution in [0.4, 0.5) is 42.4 Å². The van der Waals surface area contributed by atoms with E-state index in [0.717, 1.165) is 24.3 Å². The molecule has 0 bridgehead atoms. The molecule has 1 aromatic carbocycles. The van der Waals surface area contributed by atoms with Crippen molar-refractivity contribution in [3.63, 3.8) is 0 Å². The number of halogens is 9. The first-order valence-corrected chi connectivity index (χ1v) is 11.8. The van der Waals surface area contributed by atoms with Crippen molar-refractivity contribution in [3.05, 3.63) is 75.8 Å². The number of hydrogen-bond donors (Lipinski definition) is 2. The van der Waals surface area contributed by atoms with Crippen LogP contribution < -0.4 is 15.4 Å². The molecule has 40 heavy (non-hydrogen) atoms. The van der Waals surface area contributed by atoms with E-state index in [1.807, 2.05) is 0 Å². The maximum absolute atomic E-state index is 13.6. The van der Waals surface area contributed by atoms with E-state index in [2.05, 4.69) is 32.2 Å². The summed E-state index contributed by atoms with van der Waals surface area (Å²) in [5.74, 6) is -1.10. The molecule has 212 valence electrons. The van der Waals surface area contributed by atoms with Crippen molar-refractivity contribution in [2.45, 2.75) is 18.9 Å². The molecule has 0 saturated heterocycles. The van der Waals surface area contributed by atoms with Crippen LogP contribution in [-0.4, -0.2) is 32.3 Å². The van der Waals surface area contributed by atoms with E-state index in [1.165, 1.54) is 23.9 Å². The SMILES string of the molecule is C=C(NCc1ncccc1C(F)(F)F)c1cc2nc(Nc3c(Cl)cc(F)cc3Cl)n(C)c2nc1OCC(F)(F)F. The van der Waals surface area contributed by atoms with Gasteiger partial charge in [-0.05, 0) is 30.3 Å². The Morgan fingerprint density at radius 2 is 1.75 bits per heavy atom. The topological polar surface area (TPSA) is 76.9 Å². The maximum Gasteiger partial charge on any atom is 0.422 e. The van der Waals surface area contributed by atoms with E-state index in [-0.39, 0.29) is 49.8 Å². The summed E-state index contributed by atoms with van der Waals surface area (Å²) in [6, 6.07) is 5.30. The minimum atomic E-state index is -4.71. The molecule has 0 saturated carbocycles. The molecule has 0 aliphatic carbocycles. The lowest BCUT2D eigenvalue weighted by molar-refractivity contribution is -0.154. The number of ether oxygens (including phenoxy) is 1. The molecule has 0 atom stereocenters. The zero-order valence-electron chi connectivity index (χ0n) is 20.2. The van der Waals surface area contributed by atoms with Gasteiger partial charge in [0.1, 0.15) is 11.3 Å². The second-order valence-electron chi connectivity index (χ2n) is 8.28. The first-order valence-electron chi connectivity index (χ1n) is 11.1. The third kappa shape index (κ3) is 6.50. The van der Waals surface area contributed by atoms with Gasteiger partial charge >= 0.3 is 12.4 Å². The van der Waals surface area contributed by atoms with Gasteiger partial charge in [0, 0.05) is 18.9 Å². The minimum absolute atomic E-state index is 0.0645. The molecule has 4 aromatic rings. The number of rotatable bonds is 8. The Balaban J connectivity index is 1.70. The molecule has 0 radical (unpaired) electrons. The van der Waals surface area contributed by atoms with Gasteiger partial charge in [-0.2, -0.15) is 31.3 Å². The van der Waals surface area contributed by atoms with Crippen molar-refractivity contribution < 1.29 is 35.5 Å². The standard InChI is InChI=1S/C24H17Cl2F7N6O/c1-11(35-9-18-14(24(31,32)33)4-3-5-34-18)13-8-17-20(38-21(13)40-10-23(28,29)30)39(2)22(36-17)37-19-15(25)6-12(27)7-16(19)26/h3-8,35H,1,9-10H2,2H3,(H,36,37). The fraction of sp³-hybridized carbons (Fsp3) is 0.208. The Kier molecular flexibility index (Phi) is 8.04. The van der Waals surface area contributed by atoms with Crippen LogP contribution in [0.25, 0.3) is 16.9 Å². The van der Waals surface area contributed by atoms with Crippen molar-refractivity contribution in [2.24, 2.45) is 7.05 Å². The largest absolute Gasteiger partial charge is 0.467 e. The Morgan fingerprint density at radius 1 is 1.07 bits per heavy atom. The average Bonchev–Trinajstić information content (AvgIpc) is 3.16. The summed E-state index contributed by atoms with van der Waals surface area (Å²) in [6.45, 7) is 1.57. The molecule has 0 spiro atoms. The van der Waals surface area contributed by atoms with Crippen LogP contribution in [-0.2, 0) is 19.8 Å². The third-order valence-corrected chi connectivity index (χ3v) is 6.01. The number of anilines is 2. The fourth-order valence-electron chi connectivity index (χ4n) is 3.58. The van der Waals surface area contributed by atoms with Crippen LogP contribution in [0.5, 0.6) is 5.88 Å². The van der Waals surface area contributed by atoms with Crippen LogP contribution in [0.2, 0.25) is 10.0 Å². The second kappa shape index (κ2) is 11.0. The summed E-state index contributed by atoms with van der Waals surface area (Å²) >= 11 is 12.1. The van der Waals surface area contributed by atoms with Gasteiger partial charge in [-0.3, -0.25) is 9.55 Å². The summed E-state index contributed by atoms with van der Waals surface area (Å²) in [5.41, 5.74) is -1.23. The first-order chi connectivity index (χ1) is 18.6. The molecule has 2 N–H and O–H groups in total. The summed E-state index contributed by atoms with van der Waals surface area (Å²) in [5, 5.41) is 5.33. The smallest absolute Gasteiger partial charge is 0.422 e. The molecule has 3 aromatic heterocycles. The Hall–Kier alpha value is -3.78. The normalized spacial score (nSPS) is 12.1. The molecule has 16 heteroatoms. The number of hydrogen-bond acceptors (Lipinski definition) is 6. The van der Waals surface area contributed by atoms with E-state index >= 15 is 0 Å². The lowest BCUT2D eigenvalue weighted by Crippen LogP contribution is -2.21. The number of pyridine rings is 2. The average molecular weight is 609 g/mol. The van der Waals surface area contributed by atoms with Crippen LogP contribution in [0, 0.1) is 5.82 Å². The van der Waals surface area contributed by atoms with Crippen molar-refractivity contribution in [2.75, 3.05) is 11.9 Å². The van der Waals surface area contributed by atoms with Gasteiger partial charge in [0.15, 0.2) is 12.3 Å². The first kappa shape index (κ1) is 29.2. The molecule has 0 aliphatic heterocycles. The lowest BCUT2D eigenvalue weighted by Gasteiger charge is -2.16. The van der Waals surface area contributed by atoms with Crippen LogP contribution in [0.1, 0.15) is 16.8 Å². The monoisotopic (exact) mass is 608 g/mol. The Bertz CT molecular complexity index is 1560. The highest BCUT2D eigenvalue weighted by Gasteiger charge is 2.34. The van der Waals surface area contributed by atoms with Gasteiger partial charge < -0.3 is 15.4 Å². The molecule has 3 heterocycles. The quantitative estimate of drug-likeness (QED) is 0.205. The van der Waals surface area contributed by atoms with Gasteiger partial charge in [0.25, 0.3) is 0 Å². The Morgan fingerprint density at radius 3 is 2.38 bits per heavy atom. The Labute approximate surface area is 231 Å². The van der Waals surface area contributed by atoms with E-state index in [0.29, 0.717) is 0 Å². The zero-order chi connectivity index (χ0) is 29.4. The van der Waals surface area contributed by atoms with E-state index < -0.39 is 42.8 Å². The maximum atomic E-state index is 13.6. The summed E-state index contributed by atoms with van der Waals surface area (Å²) in [4.78, 5) is 12.2. The molecule has 0 amide bonds. The van der Waals surface area contributed by atoms with Crippen molar-refractivity contribution in [1.82, 2.24) is 24.8 Å². The third-order valence-electron chi connectivity index (χ3n) is 5.42. The van der Waals surface area contributed by atoms with Crippen LogP contribution in [0.3, 0.4) is 0 Å². The number of nitrogens with zero attached hydrogens (tertiary/aromatic N) is 4. The van der Waals surface area contributed by atoms with Crippen molar-refractivity contribution in [1.29, 1.82) is 0 Å². The van der Waals surface area contributed by atoms with E-state index in [9.17, 15) is 30.7 Å². The minimum Gasteiger partial charge on any atom is -0.467 e. The fourth-order valence-corrected chi connectivity index (χ4v) is 4.13. The molecule has 7 nitrogen and oxygen atoms in total. The molecule has 0 unspecified atom stereocenters. The van der Waals surface area contributed by atoms with Crippen molar-refractivity contribution in [3.8, 4) is 5.88 Å². The van der Waals surface area contributed by atoms with Crippen LogP contribution >= 0.6 is 23.2 Å². The van der Waals surface area contributed by atoms with Crippen molar-refractivity contribution >= 4 is 51.7 Å². The van der Waals surface area contributed by atoms with Gasteiger partial charge in [-0.15, -0.1) is 0 Å². The molecular weight excluding hydrogens is 592 g/mol. The van der Waals surface area contributed by atoms with E-state index in [4.69, 9.17) is 27.9 Å².